The summed E-state index contributed by atoms with van der Waals surface area (Å²) >= 11 is 0. The second-order valence-electron chi connectivity index (χ2n) is 11.7. The minimum absolute atomic E-state index is 0.0141. The van der Waals surface area contributed by atoms with Crippen LogP contribution in [-0.4, -0.2) is 26.2 Å². The van der Waals surface area contributed by atoms with Gasteiger partial charge in [-0.3, -0.25) is 0 Å². The van der Waals surface area contributed by atoms with Gasteiger partial charge in [0.1, 0.15) is 0 Å². The third-order valence-electron chi connectivity index (χ3n) is 8.43. The number of hydrogen-bond donors (Lipinski definition) is 2. The quantitative estimate of drug-likeness (QED) is 0.345. The number of benzene rings is 3. The predicted octanol–water partition coefficient (Wildman–Crippen LogP) is 6.98. The highest BCUT2D eigenvalue weighted by Gasteiger charge is 2.48. The third kappa shape index (κ3) is 4.72. The van der Waals surface area contributed by atoms with Crippen molar-refractivity contribution in [3.8, 4) is 22.3 Å². The van der Waals surface area contributed by atoms with Gasteiger partial charge in [0.05, 0.1) is 0 Å². The largest absolute Gasteiger partial charge is 0.316 e. The predicted molar refractivity (Wildman–Crippen MR) is 163 cm³/mol. The van der Waals surface area contributed by atoms with Crippen LogP contribution in [0.15, 0.2) is 66.7 Å². The average molecular weight is 517 g/mol. The Morgan fingerprint density at radius 2 is 1.31 bits per heavy atom. The maximum Gasteiger partial charge on any atom is 0.0185 e. The first-order valence-electron chi connectivity index (χ1n) is 13.6. The Labute approximate surface area is 222 Å². The fraction of sp³-hybridized carbons (Fsp3) is 0.438. The molecule has 2 saturated heterocycles. The molecular formula is C32H42N2P2. The summed E-state index contributed by atoms with van der Waals surface area (Å²) in [4.78, 5) is 0. The van der Waals surface area contributed by atoms with Gasteiger partial charge in [-0.25, -0.2) is 0 Å². The molecule has 0 radical (unpaired) electrons. The van der Waals surface area contributed by atoms with E-state index in [1.807, 2.05) is 0 Å². The van der Waals surface area contributed by atoms with Crippen LogP contribution >= 0.6 is 18.5 Å². The number of hydrogen-bond acceptors (Lipinski definition) is 2. The van der Waals surface area contributed by atoms with E-state index in [0.717, 1.165) is 32.3 Å². The summed E-state index contributed by atoms with van der Waals surface area (Å²) in [5.74, 6) is 1.21. The van der Waals surface area contributed by atoms with Crippen LogP contribution in [0.2, 0.25) is 0 Å². The Bertz CT molecular complexity index is 1160. The van der Waals surface area contributed by atoms with Gasteiger partial charge >= 0.3 is 0 Å². The molecule has 4 heteroatoms. The summed E-state index contributed by atoms with van der Waals surface area (Å²) in [5, 5.41) is 7.45. The van der Waals surface area contributed by atoms with Gasteiger partial charge in [-0.2, -0.15) is 0 Å². The van der Waals surface area contributed by atoms with Crippen molar-refractivity contribution in [2.75, 3.05) is 26.2 Å². The SMILES string of the molecule is CC(C)(C)c1c(-c2ccccc2)c(-c2ccccc2)cc(CP)c1C(P)(C1CCNC1)C1CCNC1. The van der Waals surface area contributed by atoms with Crippen LogP contribution in [0.1, 0.15) is 50.3 Å². The van der Waals surface area contributed by atoms with Gasteiger partial charge in [-0.1, -0.05) is 81.4 Å². The van der Waals surface area contributed by atoms with E-state index in [-0.39, 0.29) is 10.6 Å². The van der Waals surface area contributed by atoms with E-state index >= 15 is 0 Å². The lowest BCUT2D eigenvalue weighted by atomic mass is 9.65. The average Bonchev–Trinajstić information content (AvgIpc) is 3.63. The summed E-state index contributed by atoms with van der Waals surface area (Å²) in [6.45, 7) is 11.7. The van der Waals surface area contributed by atoms with Crippen LogP contribution in [0.25, 0.3) is 22.3 Å². The van der Waals surface area contributed by atoms with Crippen molar-refractivity contribution in [1.82, 2.24) is 10.6 Å². The van der Waals surface area contributed by atoms with Gasteiger partial charge in [-0.15, -0.1) is 18.5 Å². The summed E-state index contributed by atoms with van der Waals surface area (Å²) in [5.41, 5.74) is 9.98. The smallest absolute Gasteiger partial charge is 0.0185 e. The monoisotopic (exact) mass is 516 g/mol. The molecule has 3 aromatic rings. The Morgan fingerprint density at radius 1 is 0.778 bits per heavy atom. The molecule has 0 amide bonds. The first kappa shape index (κ1) is 26.1. The zero-order valence-electron chi connectivity index (χ0n) is 22.1. The molecule has 0 aliphatic carbocycles. The molecule has 4 unspecified atom stereocenters. The van der Waals surface area contributed by atoms with Gasteiger partial charge in [0.2, 0.25) is 0 Å². The number of rotatable bonds is 6. The van der Waals surface area contributed by atoms with Crippen LogP contribution < -0.4 is 10.6 Å². The van der Waals surface area contributed by atoms with Gasteiger partial charge in [0.15, 0.2) is 0 Å². The van der Waals surface area contributed by atoms with Crippen molar-refractivity contribution < 1.29 is 0 Å². The first-order chi connectivity index (χ1) is 17.4. The second-order valence-corrected chi connectivity index (χ2v) is 13.1. The van der Waals surface area contributed by atoms with Crippen molar-refractivity contribution in [3.63, 3.8) is 0 Å². The topological polar surface area (TPSA) is 24.1 Å². The Kier molecular flexibility index (Phi) is 7.72. The molecule has 0 aromatic heterocycles. The zero-order chi connectivity index (χ0) is 25.3. The van der Waals surface area contributed by atoms with Crippen LogP contribution in [0, 0.1) is 11.8 Å². The van der Waals surface area contributed by atoms with Crippen molar-refractivity contribution in [1.29, 1.82) is 0 Å². The van der Waals surface area contributed by atoms with Crippen LogP contribution in [0.5, 0.6) is 0 Å². The molecule has 2 nitrogen and oxygen atoms in total. The highest BCUT2D eigenvalue weighted by Crippen LogP contribution is 2.56. The van der Waals surface area contributed by atoms with E-state index < -0.39 is 0 Å². The fourth-order valence-electron chi connectivity index (χ4n) is 6.76. The van der Waals surface area contributed by atoms with E-state index in [1.54, 1.807) is 5.56 Å². The lowest BCUT2D eigenvalue weighted by Gasteiger charge is -2.46. The van der Waals surface area contributed by atoms with E-state index in [9.17, 15) is 0 Å². The molecule has 2 aliphatic heterocycles. The lowest BCUT2D eigenvalue weighted by molar-refractivity contribution is 0.295. The summed E-state index contributed by atoms with van der Waals surface area (Å²) in [7, 11) is 6.56. The van der Waals surface area contributed by atoms with E-state index in [2.05, 4.69) is 117 Å². The first-order valence-corrected chi connectivity index (χ1v) is 15.0. The number of nitrogens with one attached hydrogen (secondary N) is 2. The minimum Gasteiger partial charge on any atom is -0.316 e. The molecule has 4 atom stereocenters. The highest BCUT2D eigenvalue weighted by molar-refractivity contribution is 7.18. The molecule has 2 N–H and O–H groups in total. The molecule has 0 bridgehead atoms. The van der Waals surface area contributed by atoms with E-state index in [0.29, 0.717) is 11.8 Å². The molecule has 2 heterocycles. The van der Waals surface area contributed by atoms with Crippen molar-refractivity contribution in [2.45, 2.75) is 50.3 Å². The summed E-state index contributed by atoms with van der Waals surface area (Å²) in [6, 6.07) is 24.7. The molecule has 5 rings (SSSR count). The Hall–Kier alpha value is -1.56. The zero-order valence-corrected chi connectivity index (χ0v) is 24.4. The third-order valence-corrected chi connectivity index (χ3v) is 10.1. The maximum absolute atomic E-state index is 3.71. The van der Waals surface area contributed by atoms with E-state index in [1.165, 1.54) is 46.2 Å². The standard InChI is InChI=1S/C32H42N2P2/c1-31(2,3)30-28(23-12-8-5-9-13-23)27(22-10-6-4-7-11-22)18-24(21-35)29(30)32(36,25-14-16-33-19-25)26-15-17-34-20-26/h4-13,18,25-26,33-34H,14-17,19-21,35-36H2,1-3H3. The minimum atomic E-state index is -0.0141. The van der Waals surface area contributed by atoms with Gasteiger partial charge in [0.25, 0.3) is 0 Å². The molecule has 0 saturated carbocycles. The van der Waals surface area contributed by atoms with Crippen molar-refractivity contribution in [2.24, 2.45) is 11.8 Å². The van der Waals surface area contributed by atoms with Gasteiger partial charge < -0.3 is 10.6 Å². The second kappa shape index (κ2) is 10.7. The van der Waals surface area contributed by atoms with Crippen LogP contribution in [0.3, 0.4) is 0 Å². The molecule has 2 aliphatic rings. The molecule has 2 fully saturated rings. The van der Waals surface area contributed by atoms with E-state index in [4.69, 9.17) is 0 Å². The lowest BCUT2D eigenvalue weighted by Crippen LogP contribution is -2.42. The fourth-order valence-corrected chi connectivity index (χ4v) is 7.98. The molecular weight excluding hydrogens is 474 g/mol. The molecule has 190 valence electrons. The van der Waals surface area contributed by atoms with Gasteiger partial charge in [0, 0.05) is 5.16 Å². The maximum atomic E-state index is 3.71. The Balaban J connectivity index is 1.91. The normalized spacial score (nSPS) is 22.0. The summed E-state index contributed by atoms with van der Waals surface area (Å²) < 4.78 is 0. The highest BCUT2D eigenvalue weighted by atomic mass is 31.0. The van der Waals surface area contributed by atoms with Gasteiger partial charge in [-0.05, 0) is 107 Å². The van der Waals surface area contributed by atoms with Crippen LogP contribution in [0.4, 0.5) is 0 Å². The van der Waals surface area contributed by atoms with Crippen molar-refractivity contribution in [3.05, 3.63) is 83.4 Å². The Morgan fingerprint density at radius 3 is 1.75 bits per heavy atom. The molecule has 3 aromatic carbocycles. The summed E-state index contributed by atoms with van der Waals surface area (Å²) in [6.07, 6.45) is 3.44. The molecule has 36 heavy (non-hydrogen) atoms. The molecule has 0 spiro atoms. The van der Waals surface area contributed by atoms with Crippen LogP contribution in [-0.2, 0) is 16.7 Å². The van der Waals surface area contributed by atoms with Crippen molar-refractivity contribution >= 4 is 18.5 Å².